The standard InChI is InChI=1S/C17H30N4O3/c1-8-17(7,10-19-15(23)24-16(4,5)6)14(22)18-9-13-11(2)20-21-12(13)3/h8-10H2,1-7H3,(H,18,22)(H,19,23)(H,20,21)/t17-/m0/s1. The third-order valence-electron chi connectivity index (χ3n) is 4.06. The number of hydrogen-bond acceptors (Lipinski definition) is 4. The summed E-state index contributed by atoms with van der Waals surface area (Å²) in [5.41, 5.74) is 1.53. The average Bonchev–Trinajstić information content (AvgIpc) is 2.79. The first-order valence-corrected chi connectivity index (χ1v) is 8.24. The number of amides is 2. The third-order valence-corrected chi connectivity index (χ3v) is 4.06. The van der Waals surface area contributed by atoms with Gasteiger partial charge < -0.3 is 15.4 Å². The van der Waals surface area contributed by atoms with Crippen molar-refractivity contribution >= 4 is 12.0 Å². The molecule has 0 radical (unpaired) electrons. The number of nitrogens with one attached hydrogen (secondary N) is 3. The number of hydrogen-bond donors (Lipinski definition) is 3. The predicted molar refractivity (Wildman–Crippen MR) is 92.5 cm³/mol. The molecule has 2 amide bonds. The van der Waals surface area contributed by atoms with Crippen molar-refractivity contribution < 1.29 is 14.3 Å². The van der Waals surface area contributed by atoms with Gasteiger partial charge in [-0.2, -0.15) is 5.10 Å². The molecule has 136 valence electrons. The summed E-state index contributed by atoms with van der Waals surface area (Å²) >= 11 is 0. The molecular weight excluding hydrogens is 308 g/mol. The maximum absolute atomic E-state index is 12.6. The van der Waals surface area contributed by atoms with Crippen LogP contribution in [0.4, 0.5) is 4.79 Å². The SMILES string of the molecule is CC[C@@](C)(CNC(=O)OC(C)(C)C)C(=O)NCc1c(C)n[nH]c1C. The molecule has 0 saturated carbocycles. The first-order valence-electron chi connectivity index (χ1n) is 8.24. The van der Waals surface area contributed by atoms with E-state index < -0.39 is 17.1 Å². The van der Waals surface area contributed by atoms with Crippen molar-refractivity contribution in [2.75, 3.05) is 6.54 Å². The Balaban J connectivity index is 2.62. The van der Waals surface area contributed by atoms with E-state index in [0.717, 1.165) is 17.0 Å². The molecule has 1 aromatic heterocycles. The maximum atomic E-state index is 12.6. The second-order valence-electron chi connectivity index (χ2n) is 7.36. The van der Waals surface area contributed by atoms with Gasteiger partial charge in [0.25, 0.3) is 0 Å². The van der Waals surface area contributed by atoms with Gasteiger partial charge in [-0.05, 0) is 48.0 Å². The molecule has 0 aliphatic carbocycles. The smallest absolute Gasteiger partial charge is 0.407 e. The fourth-order valence-electron chi connectivity index (χ4n) is 2.16. The number of aromatic amines is 1. The highest BCUT2D eigenvalue weighted by Gasteiger charge is 2.32. The van der Waals surface area contributed by atoms with Gasteiger partial charge >= 0.3 is 6.09 Å². The van der Waals surface area contributed by atoms with E-state index in [1.54, 1.807) is 20.8 Å². The zero-order valence-corrected chi connectivity index (χ0v) is 15.8. The summed E-state index contributed by atoms with van der Waals surface area (Å²) in [4.78, 5) is 24.4. The van der Waals surface area contributed by atoms with Crippen molar-refractivity contribution in [2.45, 2.75) is 67.0 Å². The zero-order valence-electron chi connectivity index (χ0n) is 15.8. The van der Waals surface area contributed by atoms with E-state index in [2.05, 4.69) is 20.8 Å². The van der Waals surface area contributed by atoms with E-state index in [9.17, 15) is 9.59 Å². The summed E-state index contributed by atoms with van der Waals surface area (Å²) in [7, 11) is 0. The topological polar surface area (TPSA) is 96.1 Å². The molecular formula is C17H30N4O3. The fraction of sp³-hybridized carbons (Fsp3) is 0.706. The number of aromatic nitrogens is 2. The van der Waals surface area contributed by atoms with Crippen LogP contribution in [0.3, 0.4) is 0 Å². The number of alkyl carbamates (subject to hydrolysis) is 1. The van der Waals surface area contributed by atoms with Gasteiger partial charge in [0.15, 0.2) is 0 Å². The second kappa shape index (κ2) is 7.68. The van der Waals surface area contributed by atoms with E-state index in [-0.39, 0.29) is 12.5 Å². The lowest BCUT2D eigenvalue weighted by atomic mass is 9.86. The summed E-state index contributed by atoms with van der Waals surface area (Å²) < 4.78 is 5.21. The third kappa shape index (κ3) is 5.54. The molecule has 3 N–H and O–H groups in total. The van der Waals surface area contributed by atoms with Crippen LogP contribution in [0.2, 0.25) is 0 Å². The number of ether oxygens (including phenoxy) is 1. The van der Waals surface area contributed by atoms with E-state index in [0.29, 0.717) is 13.0 Å². The highest BCUT2D eigenvalue weighted by atomic mass is 16.6. The Morgan fingerprint density at radius 1 is 1.17 bits per heavy atom. The first-order chi connectivity index (χ1) is 11.0. The number of nitrogens with zero attached hydrogens (tertiary/aromatic N) is 1. The Kier molecular flexibility index (Phi) is 6.40. The molecule has 0 aliphatic heterocycles. The number of carbonyl (C=O) groups excluding carboxylic acids is 2. The normalized spacial score (nSPS) is 14.0. The minimum absolute atomic E-state index is 0.110. The van der Waals surface area contributed by atoms with Crippen LogP contribution in [0.25, 0.3) is 0 Å². The van der Waals surface area contributed by atoms with E-state index in [1.165, 1.54) is 0 Å². The Morgan fingerprint density at radius 2 is 1.79 bits per heavy atom. The Labute approximate surface area is 143 Å². The van der Waals surface area contributed by atoms with Crippen LogP contribution in [0.5, 0.6) is 0 Å². The molecule has 1 rings (SSSR count). The van der Waals surface area contributed by atoms with E-state index in [1.807, 2.05) is 27.7 Å². The minimum Gasteiger partial charge on any atom is -0.444 e. The minimum atomic E-state index is -0.706. The molecule has 0 saturated heterocycles. The van der Waals surface area contributed by atoms with Crippen LogP contribution < -0.4 is 10.6 Å². The zero-order chi connectivity index (χ0) is 18.5. The molecule has 1 atom stereocenters. The molecule has 0 aliphatic rings. The molecule has 0 unspecified atom stereocenters. The summed E-state index contributed by atoms with van der Waals surface area (Å²) in [5.74, 6) is -0.110. The summed E-state index contributed by atoms with van der Waals surface area (Å²) in [6.45, 7) is 13.6. The molecule has 0 bridgehead atoms. The lowest BCUT2D eigenvalue weighted by Crippen LogP contribution is -2.47. The van der Waals surface area contributed by atoms with Gasteiger partial charge in [-0.15, -0.1) is 0 Å². The quantitative estimate of drug-likeness (QED) is 0.743. The van der Waals surface area contributed by atoms with Crippen molar-refractivity contribution in [3.05, 3.63) is 17.0 Å². The summed E-state index contributed by atoms with van der Waals surface area (Å²) in [6, 6.07) is 0. The molecule has 24 heavy (non-hydrogen) atoms. The van der Waals surface area contributed by atoms with Gasteiger partial charge in [-0.3, -0.25) is 9.89 Å². The molecule has 7 heteroatoms. The lowest BCUT2D eigenvalue weighted by molar-refractivity contribution is -0.130. The van der Waals surface area contributed by atoms with Gasteiger partial charge in [0.05, 0.1) is 11.1 Å². The van der Waals surface area contributed by atoms with E-state index >= 15 is 0 Å². The number of H-pyrrole nitrogens is 1. The van der Waals surface area contributed by atoms with Gasteiger partial charge in [-0.25, -0.2) is 4.79 Å². The van der Waals surface area contributed by atoms with Gasteiger partial charge in [-0.1, -0.05) is 6.92 Å². The van der Waals surface area contributed by atoms with Gasteiger partial charge in [0, 0.05) is 24.3 Å². The van der Waals surface area contributed by atoms with Crippen LogP contribution in [0.1, 0.15) is 58.0 Å². The lowest BCUT2D eigenvalue weighted by Gasteiger charge is -2.28. The molecule has 0 spiro atoms. The van der Waals surface area contributed by atoms with Crippen molar-refractivity contribution in [1.29, 1.82) is 0 Å². The van der Waals surface area contributed by atoms with Crippen LogP contribution in [0.15, 0.2) is 0 Å². The van der Waals surface area contributed by atoms with Crippen molar-refractivity contribution in [2.24, 2.45) is 5.41 Å². The molecule has 7 nitrogen and oxygen atoms in total. The maximum Gasteiger partial charge on any atom is 0.407 e. The largest absolute Gasteiger partial charge is 0.444 e. The van der Waals surface area contributed by atoms with Crippen LogP contribution in [0, 0.1) is 19.3 Å². The highest BCUT2D eigenvalue weighted by Crippen LogP contribution is 2.21. The van der Waals surface area contributed by atoms with Crippen molar-refractivity contribution in [3.8, 4) is 0 Å². The van der Waals surface area contributed by atoms with Crippen LogP contribution >= 0.6 is 0 Å². The molecule has 1 heterocycles. The average molecular weight is 338 g/mol. The number of carbonyl (C=O) groups is 2. The van der Waals surface area contributed by atoms with Gasteiger partial charge in [0.2, 0.25) is 5.91 Å². The van der Waals surface area contributed by atoms with Gasteiger partial charge in [0.1, 0.15) is 5.60 Å². The Hall–Kier alpha value is -2.05. The highest BCUT2D eigenvalue weighted by molar-refractivity contribution is 5.83. The fourth-order valence-corrected chi connectivity index (χ4v) is 2.16. The number of aryl methyl sites for hydroxylation is 2. The monoisotopic (exact) mass is 338 g/mol. The summed E-state index contributed by atoms with van der Waals surface area (Å²) in [6.07, 6.45) is 0.0781. The molecule has 1 aromatic rings. The van der Waals surface area contributed by atoms with Crippen molar-refractivity contribution in [3.63, 3.8) is 0 Å². The predicted octanol–water partition coefficient (Wildman–Crippen LogP) is 2.58. The van der Waals surface area contributed by atoms with Crippen molar-refractivity contribution in [1.82, 2.24) is 20.8 Å². The van der Waals surface area contributed by atoms with Crippen LogP contribution in [-0.4, -0.2) is 34.3 Å². The number of rotatable bonds is 6. The Morgan fingerprint density at radius 3 is 2.25 bits per heavy atom. The second-order valence-corrected chi connectivity index (χ2v) is 7.36. The molecule has 0 aromatic carbocycles. The molecule has 0 fully saturated rings. The Bertz CT molecular complexity index is 570. The summed E-state index contributed by atoms with van der Waals surface area (Å²) in [5, 5.41) is 12.6. The first kappa shape index (κ1) is 20.0. The van der Waals surface area contributed by atoms with E-state index in [4.69, 9.17) is 4.74 Å². The van der Waals surface area contributed by atoms with Crippen LogP contribution in [-0.2, 0) is 16.1 Å².